The van der Waals surface area contributed by atoms with Gasteiger partial charge in [-0.1, -0.05) is 36.9 Å². The van der Waals surface area contributed by atoms with Gasteiger partial charge >= 0.3 is 0 Å². The van der Waals surface area contributed by atoms with Crippen LogP contribution in [-0.4, -0.2) is 9.78 Å². The van der Waals surface area contributed by atoms with E-state index in [0.717, 1.165) is 11.1 Å². The Kier molecular flexibility index (Phi) is 2.79. The van der Waals surface area contributed by atoms with Crippen LogP contribution in [0.5, 0.6) is 0 Å². The average molecular weight is 196 g/mol. The lowest BCUT2D eigenvalue weighted by atomic mass is 10.1. The summed E-state index contributed by atoms with van der Waals surface area (Å²) < 4.78 is 1.74. The van der Waals surface area contributed by atoms with Gasteiger partial charge in [0.05, 0.1) is 0 Å². The van der Waals surface area contributed by atoms with E-state index in [0.29, 0.717) is 0 Å². The molecule has 0 spiro atoms. The minimum absolute atomic E-state index is 0.978. The van der Waals surface area contributed by atoms with E-state index in [1.54, 1.807) is 10.9 Å². The number of allylic oxidation sites excluding steroid dienone is 2. The minimum Gasteiger partial charge on any atom is -0.248 e. The molecule has 2 heteroatoms. The fourth-order valence-electron chi connectivity index (χ4n) is 1.28. The summed E-state index contributed by atoms with van der Waals surface area (Å²) in [4.78, 5) is 0. The molecule has 1 aromatic heterocycles. The highest BCUT2D eigenvalue weighted by molar-refractivity contribution is 5.74. The second-order valence-corrected chi connectivity index (χ2v) is 3.19. The molecule has 2 rings (SSSR count). The van der Waals surface area contributed by atoms with Crippen molar-refractivity contribution in [2.24, 2.45) is 0 Å². The molecule has 0 bridgehead atoms. The number of rotatable bonds is 3. The van der Waals surface area contributed by atoms with Gasteiger partial charge in [0.15, 0.2) is 0 Å². The molecule has 0 unspecified atom stereocenters. The van der Waals surface area contributed by atoms with Crippen LogP contribution in [0, 0.1) is 0 Å². The number of benzene rings is 1. The molecule has 0 N–H and O–H groups in total. The van der Waals surface area contributed by atoms with Gasteiger partial charge in [0.25, 0.3) is 0 Å². The van der Waals surface area contributed by atoms with Crippen LogP contribution >= 0.6 is 0 Å². The van der Waals surface area contributed by atoms with E-state index in [1.165, 1.54) is 0 Å². The Balaban J connectivity index is 2.11. The number of aromatic nitrogens is 2. The van der Waals surface area contributed by atoms with Crippen molar-refractivity contribution >= 4 is 11.8 Å². The summed E-state index contributed by atoms with van der Waals surface area (Å²) in [6, 6.07) is 12.0. The molecule has 0 saturated heterocycles. The van der Waals surface area contributed by atoms with Gasteiger partial charge in [-0.25, -0.2) is 4.68 Å². The third-order valence-electron chi connectivity index (χ3n) is 2.10. The third-order valence-corrected chi connectivity index (χ3v) is 2.10. The first-order valence-electron chi connectivity index (χ1n) is 4.78. The summed E-state index contributed by atoms with van der Waals surface area (Å²) in [5.74, 6) is 0. The lowest BCUT2D eigenvalue weighted by molar-refractivity contribution is 0.935. The summed E-state index contributed by atoms with van der Waals surface area (Å²) in [5.41, 5.74) is 2.10. The Bertz CT molecular complexity index is 453. The lowest BCUT2D eigenvalue weighted by Crippen LogP contribution is -1.85. The number of nitrogens with zero attached hydrogens (tertiary/aromatic N) is 2. The summed E-state index contributed by atoms with van der Waals surface area (Å²) in [7, 11) is 0. The normalized spacial score (nSPS) is 10.7. The fraction of sp³-hybridized carbons (Fsp3) is 0. The molecular weight excluding hydrogens is 184 g/mol. The van der Waals surface area contributed by atoms with E-state index in [4.69, 9.17) is 0 Å². The average Bonchev–Trinajstić information content (AvgIpc) is 2.80. The quantitative estimate of drug-likeness (QED) is 0.690. The van der Waals surface area contributed by atoms with Crippen LogP contribution in [0.3, 0.4) is 0 Å². The second kappa shape index (κ2) is 4.42. The van der Waals surface area contributed by atoms with E-state index in [-0.39, 0.29) is 0 Å². The Labute approximate surface area is 89.2 Å². The molecule has 0 radical (unpaired) electrons. The molecule has 2 nitrogen and oxygen atoms in total. The molecule has 2 aromatic rings. The highest BCUT2D eigenvalue weighted by atomic mass is 15.2. The van der Waals surface area contributed by atoms with Crippen LogP contribution in [-0.2, 0) is 0 Å². The van der Waals surface area contributed by atoms with Gasteiger partial charge in [0.2, 0.25) is 0 Å². The Morgan fingerprint density at radius 2 is 2.00 bits per heavy atom. The lowest BCUT2D eigenvalue weighted by Gasteiger charge is -1.98. The highest BCUT2D eigenvalue weighted by Gasteiger charge is 1.92. The molecule has 15 heavy (non-hydrogen) atoms. The first-order chi connectivity index (χ1) is 7.36. The van der Waals surface area contributed by atoms with Crippen molar-refractivity contribution < 1.29 is 0 Å². The van der Waals surface area contributed by atoms with Crippen molar-refractivity contribution in [3.63, 3.8) is 0 Å². The van der Waals surface area contributed by atoms with Crippen molar-refractivity contribution in [2.45, 2.75) is 0 Å². The van der Waals surface area contributed by atoms with Gasteiger partial charge < -0.3 is 0 Å². The van der Waals surface area contributed by atoms with Gasteiger partial charge in [-0.05, 0) is 23.3 Å². The van der Waals surface area contributed by atoms with Crippen LogP contribution in [0.1, 0.15) is 5.56 Å². The first-order valence-corrected chi connectivity index (χ1v) is 4.78. The largest absolute Gasteiger partial charge is 0.248 e. The molecule has 74 valence electrons. The zero-order chi connectivity index (χ0) is 10.5. The van der Waals surface area contributed by atoms with Crippen LogP contribution < -0.4 is 0 Å². The van der Waals surface area contributed by atoms with E-state index in [9.17, 15) is 0 Å². The standard InChI is InChI=1S/C13H12N2/c1-12(13-6-3-2-4-7-13)8-11-15-10-5-9-14-15/h2-11H,1H2/b11-8+. The van der Waals surface area contributed by atoms with E-state index in [2.05, 4.69) is 11.7 Å². The van der Waals surface area contributed by atoms with E-state index < -0.39 is 0 Å². The second-order valence-electron chi connectivity index (χ2n) is 3.19. The third kappa shape index (κ3) is 2.44. The molecule has 0 aliphatic heterocycles. The van der Waals surface area contributed by atoms with Crippen LogP contribution in [0.2, 0.25) is 0 Å². The molecule has 1 aromatic carbocycles. The molecule has 0 amide bonds. The topological polar surface area (TPSA) is 17.8 Å². The number of hydrogen-bond acceptors (Lipinski definition) is 1. The summed E-state index contributed by atoms with van der Waals surface area (Å²) in [6.07, 6.45) is 7.46. The molecule has 0 aliphatic rings. The Morgan fingerprint density at radius 3 is 2.67 bits per heavy atom. The summed E-state index contributed by atoms with van der Waals surface area (Å²) in [6.45, 7) is 4.00. The monoisotopic (exact) mass is 196 g/mol. The van der Waals surface area contributed by atoms with Gasteiger partial charge in [0, 0.05) is 18.6 Å². The zero-order valence-corrected chi connectivity index (χ0v) is 8.38. The van der Waals surface area contributed by atoms with Gasteiger partial charge in [-0.3, -0.25) is 0 Å². The molecule has 1 heterocycles. The predicted molar refractivity (Wildman–Crippen MR) is 63.0 cm³/mol. The van der Waals surface area contributed by atoms with Crippen molar-refractivity contribution in [3.05, 3.63) is 67.0 Å². The van der Waals surface area contributed by atoms with Crippen molar-refractivity contribution in [2.75, 3.05) is 0 Å². The van der Waals surface area contributed by atoms with E-state index >= 15 is 0 Å². The smallest absolute Gasteiger partial charge is 0.0493 e. The predicted octanol–water partition coefficient (Wildman–Crippen LogP) is 3.07. The molecule has 0 atom stereocenters. The highest BCUT2D eigenvalue weighted by Crippen LogP contribution is 2.12. The van der Waals surface area contributed by atoms with Crippen molar-refractivity contribution in [1.29, 1.82) is 0 Å². The van der Waals surface area contributed by atoms with Crippen molar-refractivity contribution in [3.8, 4) is 0 Å². The maximum absolute atomic E-state index is 4.07. The molecule has 0 saturated carbocycles. The van der Waals surface area contributed by atoms with Crippen LogP contribution in [0.15, 0.2) is 61.4 Å². The Morgan fingerprint density at radius 1 is 1.20 bits per heavy atom. The molecular formula is C13H12N2. The molecule has 0 fully saturated rings. The number of hydrogen-bond donors (Lipinski definition) is 0. The van der Waals surface area contributed by atoms with Gasteiger partial charge in [-0.15, -0.1) is 0 Å². The van der Waals surface area contributed by atoms with E-state index in [1.807, 2.05) is 54.9 Å². The van der Waals surface area contributed by atoms with Gasteiger partial charge in [0.1, 0.15) is 0 Å². The molecule has 0 aliphatic carbocycles. The minimum atomic E-state index is 0.978. The Hall–Kier alpha value is -2.09. The first kappa shape index (κ1) is 9.46. The SMILES string of the molecule is C=C(/C=C/n1cccn1)c1ccccc1. The van der Waals surface area contributed by atoms with Crippen LogP contribution in [0.25, 0.3) is 11.8 Å². The summed E-state index contributed by atoms with van der Waals surface area (Å²) >= 11 is 0. The van der Waals surface area contributed by atoms with Crippen LogP contribution in [0.4, 0.5) is 0 Å². The zero-order valence-electron chi connectivity index (χ0n) is 8.38. The fourth-order valence-corrected chi connectivity index (χ4v) is 1.28. The van der Waals surface area contributed by atoms with Crippen molar-refractivity contribution in [1.82, 2.24) is 9.78 Å². The maximum Gasteiger partial charge on any atom is 0.0493 e. The van der Waals surface area contributed by atoms with Gasteiger partial charge in [-0.2, -0.15) is 5.10 Å². The maximum atomic E-state index is 4.07. The summed E-state index contributed by atoms with van der Waals surface area (Å²) in [5, 5.41) is 4.07.